The number of amides is 1. The number of nitrogens with zero attached hydrogens (tertiary/aromatic N) is 1. The van der Waals surface area contributed by atoms with Crippen LogP contribution in [0.15, 0.2) is 53.3 Å². The number of Topliss-reactive ketones (excluding diaryl/α,β-unsaturated/α-hetero) is 2. The van der Waals surface area contributed by atoms with E-state index in [-0.39, 0.29) is 42.1 Å². The molecule has 11 nitrogen and oxygen atoms in total. The highest BCUT2D eigenvalue weighted by molar-refractivity contribution is 6.24. The van der Waals surface area contributed by atoms with Crippen molar-refractivity contribution in [2.75, 3.05) is 21.2 Å². The Balaban J connectivity index is 1.65. The number of nitrogens with two attached hydrogens (primary N) is 1. The van der Waals surface area contributed by atoms with E-state index in [2.05, 4.69) is 0 Å². The molecule has 1 amide bonds. The van der Waals surface area contributed by atoms with E-state index in [1.54, 1.807) is 20.2 Å². The number of phenolic OH excluding ortho intramolecular Hbond substituents is 1. The smallest absolute Gasteiger partial charge is 0.305 e. The molecule has 3 aliphatic carbocycles. The number of benzene rings is 2. The number of aryl methyl sites for hydroxylation is 1. The molecule has 6 N–H and O–H groups in total. The molecule has 0 heterocycles. The molecule has 3 aliphatic rings. The first-order valence-electron chi connectivity index (χ1n) is 13.5. The van der Waals surface area contributed by atoms with Gasteiger partial charge < -0.3 is 30.9 Å². The summed E-state index contributed by atoms with van der Waals surface area (Å²) in [6.07, 6.45) is 0.807. The van der Waals surface area contributed by atoms with Crippen molar-refractivity contribution in [1.82, 2.24) is 4.90 Å². The summed E-state index contributed by atoms with van der Waals surface area (Å²) >= 11 is 0. The van der Waals surface area contributed by atoms with Crippen LogP contribution in [0, 0.1) is 11.8 Å². The fourth-order valence-corrected chi connectivity index (χ4v) is 6.76. The number of hydrogen-bond donors (Lipinski definition) is 5. The number of carbonyl (C=O) groups excluding carboxylic acids is 4. The van der Waals surface area contributed by atoms with Crippen molar-refractivity contribution < 1.29 is 44.3 Å². The standard InChI is InChI=1S/C31H32N2O9/c1-33(2)25-19-13-16-12-18-17(15-6-4-5-14(11-15)7-10-21(35)42-3)8-9-20(34)23(18)26(36)22(16)28(38)31(19,41)29(39)24(27(25)37)30(32)40/h4-6,8-9,11,16,19,25,34,36,39,41H,7,10,12-13H2,1-3H3,(H2,32,40)/t16-,19+,25+,31+/m0/s1. The highest BCUT2D eigenvalue weighted by Crippen LogP contribution is 2.53. The number of carbonyl (C=O) groups is 4. The Morgan fingerprint density at radius 3 is 2.48 bits per heavy atom. The van der Waals surface area contributed by atoms with Crippen LogP contribution in [0.4, 0.5) is 0 Å². The molecule has 11 heteroatoms. The highest BCUT2D eigenvalue weighted by Gasteiger charge is 2.64. The zero-order valence-corrected chi connectivity index (χ0v) is 23.4. The first-order valence-corrected chi connectivity index (χ1v) is 13.5. The Bertz CT molecular complexity index is 1610. The predicted octanol–water partition coefficient (Wildman–Crippen LogP) is 1.74. The largest absolute Gasteiger partial charge is 0.508 e. The van der Waals surface area contributed by atoms with Crippen LogP contribution in [0.2, 0.25) is 0 Å². The monoisotopic (exact) mass is 576 g/mol. The van der Waals surface area contributed by atoms with Gasteiger partial charge in [0.05, 0.1) is 18.7 Å². The Kier molecular flexibility index (Phi) is 7.20. The van der Waals surface area contributed by atoms with Gasteiger partial charge in [-0.25, -0.2) is 0 Å². The van der Waals surface area contributed by atoms with Crippen molar-refractivity contribution >= 4 is 29.2 Å². The maximum Gasteiger partial charge on any atom is 0.305 e. The molecular weight excluding hydrogens is 544 g/mol. The lowest BCUT2D eigenvalue weighted by Gasteiger charge is -2.50. The summed E-state index contributed by atoms with van der Waals surface area (Å²) in [6, 6.07) is 9.39. The van der Waals surface area contributed by atoms with E-state index in [0.29, 0.717) is 17.5 Å². The second-order valence-electron chi connectivity index (χ2n) is 11.2. The van der Waals surface area contributed by atoms with Crippen LogP contribution >= 0.6 is 0 Å². The van der Waals surface area contributed by atoms with Gasteiger partial charge in [0.25, 0.3) is 5.91 Å². The number of hydrogen-bond acceptors (Lipinski definition) is 10. The molecule has 5 rings (SSSR count). The Morgan fingerprint density at radius 2 is 1.83 bits per heavy atom. The Morgan fingerprint density at radius 1 is 1.12 bits per heavy atom. The molecule has 0 aromatic heterocycles. The summed E-state index contributed by atoms with van der Waals surface area (Å²) in [5.41, 5.74) is 4.51. The Labute approximate surface area is 241 Å². The van der Waals surface area contributed by atoms with E-state index in [9.17, 15) is 39.6 Å². The molecule has 0 aliphatic heterocycles. The van der Waals surface area contributed by atoms with Crippen LogP contribution in [-0.2, 0) is 36.8 Å². The molecule has 42 heavy (non-hydrogen) atoms. The van der Waals surface area contributed by atoms with Gasteiger partial charge in [0.2, 0.25) is 5.78 Å². The third-order valence-electron chi connectivity index (χ3n) is 8.69. The summed E-state index contributed by atoms with van der Waals surface area (Å²) < 4.78 is 4.73. The first kappa shape index (κ1) is 29.0. The normalized spacial score (nSPS) is 25.2. The number of aliphatic hydroxyl groups excluding tert-OH is 2. The maximum atomic E-state index is 14.0. The quantitative estimate of drug-likeness (QED) is 0.250. The molecule has 4 atom stereocenters. The van der Waals surface area contributed by atoms with Gasteiger partial charge in [-0.1, -0.05) is 30.3 Å². The third-order valence-corrected chi connectivity index (χ3v) is 8.69. The highest BCUT2D eigenvalue weighted by atomic mass is 16.5. The predicted molar refractivity (Wildman–Crippen MR) is 150 cm³/mol. The van der Waals surface area contributed by atoms with Crippen molar-refractivity contribution in [1.29, 1.82) is 0 Å². The van der Waals surface area contributed by atoms with Crippen molar-refractivity contribution in [3.63, 3.8) is 0 Å². The van der Waals surface area contributed by atoms with Crippen molar-refractivity contribution in [3.05, 3.63) is 70.0 Å². The van der Waals surface area contributed by atoms with Crippen LogP contribution in [-0.4, -0.2) is 81.6 Å². The van der Waals surface area contributed by atoms with E-state index < -0.39 is 58.0 Å². The van der Waals surface area contributed by atoms with Gasteiger partial charge in [-0.05, 0) is 67.6 Å². The van der Waals surface area contributed by atoms with Crippen molar-refractivity contribution in [2.45, 2.75) is 37.3 Å². The number of primary amides is 1. The van der Waals surface area contributed by atoms with E-state index in [4.69, 9.17) is 10.5 Å². The fraction of sp³-hybridized carbons (Fsp3) is 0.355. The fourth-order valence-electron chi connectivity index (χ4n) is 6.76. The second kappa shape index (κ2) is 10.4. The zero-order valence-electron chi connectivity index (χ0n) is 23.4. The summed E-state index contributed by atoms with van der Waals surface area (Å²) in [5, 5.41) is 45.0. The molecule has 2 aromatic carbocycles. The molecule has 0 unspecified atom stereocenters. The van der Waals surface area contributed by atoms with Gasteiger partial charge in [-0.15, -0.1) is 0 Å². The summed E-state index contributed by atoms with van der Waals surface area (Å²) in [7, 11) is 4.43. The molecule has 0 radical (unpaired) electrons. The van der Waals surface area contributed by atoms with Crippen LogP contribution in [0.5, 0.6) is 5.75 Å². The SMILES string of the molecule is COC(=O)CCc1cccc(-c2ccc(O)c3c2C[C@H]2C[C@@H]4[C@@H](N(C)C)C(=O)C(C(N)=O)=C(O)[C@]4(O)C(=O)C2=C3O)c1. The van der Waals surface area contributed by atoms with E-state index in [1.807, 2.05) is 24.3 Å². The van der Waals surface area contributed by atoms with E-state index in [0.717, 1.165) is 11.1 Å². The number of methoxy groups -OCH3 is 1. The number of aromatic hydroxyl groups is 1. The van der Waals surface area contributed by atoms with Crippen LogP contribution in [0.3, 0.4) is 0 Å². The minimum atomic E-state index is -2.69. The van der Waals surface area contributed by atoms with Crippen molar-refractivity contribution in [3.8, 4) is 16.9 Å². The Hall–Kier alpha value is -4.48. The average molecular weight is 577 g/mol. The minimum absolute atomic E-state index is 0.0000269. The molecule has 2 aromatic rings. The molecule has 1 saturated carbocycles. The number of ether oxygens (including phenoxy) is 1. The summed E-state index contributed by atoms with van der Waals surface area (Å²) in [4.78, 5) is 52.5. The summed E-state index contributed by atoms with van der Waals surface area (Å²) in [5.74, 6) is -7.28. The van der Waals surface area contributed by atoms with Gasteiger partial charge in [0.1, 0.15) is 22.8 Å². The lowest BCUT2D eigenvalue weighted by atomic mass is 9.57. The zero-order chi connectivity index (χ0) is 30.7. The number of aliphatic hydroxyl groups is 3. The van der Waals surface area contributed by atoms with Gasteiger partial charge in [-0.2, -0.15) is 0 Å². The molecule has 0 saturated heterocycles. The van der Waals surface area contributed by atoms with E-state index >= 15 is 0 Å². The lowest BCUT2D eigenvalue weighted by Crippen LogP contribution is -2.65. The number of rotatable bonds is 6. The topological polar surface area (TPSA) is 188 Å². The molecule has 0 bridgehead atoms. The molecule has 0 spiro atoms. The minimum Gasteiger partial charge on any atom is -0.508 e. The molecular formula is C31H32N2O9. The van der Waals surface area contributed by atoms with Crippen LogP contribution in [0.25, 0.3) is 16.9 Å². The number of likely N-dealkylation sites (N-methyl/N-ethyl adjacent to an activating group) is 1. The van der Waals surface area contributed by atoms with Gasteiger partial charge >= 0.3 is 5.97 Å². The number of fused-ring (bicyclic) bond motifs is 3. The second-order valence-corrected chi connectivity index (χ2v) is 11.2. The molecule has 1 fully saturated rings. The number of ketones is 2. The number of esters is 1. The summed E-state index contributed by atoms with van der Waals surface area (Å²) in [6.45, 7) is 0. The van der Waals surface area contributed by atoms with Gasteiger partial charge in [0.15, 0.2) is 11.4 Å². The average Bonchev–Trinajstić information content (AvgIpc) is 2.93. The lowest BCUT2D eigenvalue weighted by molar-refractivity contribution is -0.153. The first-order chi connectivity index (χ1) is 19.8. The van der Waals surface area contributed by atoms with Gasteiger partial charge in [-0.3, -0.25) is 24.1 Å². The van der Waals surface area contributed by atoms with Crippen LogP contribution in [0.1, 0.15) is 29.5 Å². The molecule has 220 valence electrons. The van der Waals surface area contributed by atoms with Crippen LogP contribution < -0.4 is 5.73 Å². The van der Waals surface area contributed by atoms with E-state index in [1.165, 1.54) is 18.1 Å². The van der Waals surface area contributed by atoms with Gasteiger partial charge in [0, 0.05) is 17.9 Å². The number of phenols is 1. The third kappa shape index (κ3) is 4.27. The maximum absolute atomic E-state index is 14.0. The van der Waals surface area contributed by atoms with Crippen molar-refractivity contribution in [2.24, 2.45) is 17.6 Å².